The average molecular weight is 284 g/mol. The van der Waals surface area contributed by atoms with Crippen molar-refractivity contribution < 1.29 is 0 Å². The first-order chi connectivity index (χ1) is 7.58. The van der Waals surface area contributed by atoms with E-state index in [-0.39, 0.29) is 0 Å². The Hall–Kier alpha value is -0.610. The molecule has 0 bridgehead atoms. The molecule has 2 rings (SSSR count). The van der Waals surface area contributed by atoms with Gasteiger partial charge in [-0.05, 0) is 49.0 Å². The summed E-state index contributed by atoms with van der Waals surface area (Å²) in [6.45, 7) is 6.62. The van der Waals surface area contributed by atoms with E-state index in [1.54, 1.807) is 0 Å². The lowest BCUT2D eigenvalue weighted by Crippen LogP contribution is -2.55. The van der Waals surface area contributed by atoms with Gasteiger partial charge in [0, 0.05) is 25.2 Å². The molecule has 0 radical (unpaired) electrons. The van der Waals surface area contributed by atoms with Gasteiger partial charge in [0.1, 0.15) is 10.4 Å². The normalized spacial score (nSPS) is 27.1. The van der Waals surface area contributed by atoms with Crippen molar-refractivity contribution in [1.29, 1.82) is 0 Å². The van der Waals surface area contributed by atoms with Crippen LogP contribution in [0.3, 0.4) is 0 Å². The molecule has 1 aromatic heterocycles. The van der Waals surface area contributed by atoms with Crippen molar-refractivity contribution in [1.82, 2.24) is 9.88 Å². The number of hydrogen-bond acceptors (Lipinski definition) is 3. The van der Waals surface area contributed by atoms with Crippen LogP contribution >= 0.6 is 15.9 Å². The number of likely N-dealkylation sites (N-methyl/N-ethyl adjacent to an activating group) is 1. The van der Waals surface area contributed by atoms with Crippen LogP contribution in [-0.4, -0.2) is 42.1 Å². The Labute approximate surface area is 106 Å². The molecule has 0 amide bonds. The van der Waals surface area contributed by atoms with Crippen molar-refractivity contribution in [2.45, 2.75) is 25.9 Å². The molecule has 1 aliphatic heterocycles. The number of aromatic nitrogens is 1. The number of rotatable bonds is 1. The van der Waals surface area contributed by atoms with Gasteiger partial charge in [-0.3, -0.25) is 4.90 Å². The van der Waals surface area contributed by atoms with Gasteiger partial charge in [-0.1, -0.05) is 6.07 Å². The minimum absolute atomic E-state index is 0.574. The van der Waals surface area contributed by atoms with Gasteiger partial charge < -0.3 is 4.90 Å². The highest BCUT2D eigenvalue weighted by atomic mass is 79.9. The molecule has 16 heavy (non-hydrogen) atoms. The number of nitrogens with zero attached hydrogens (tertiary/aromatic N) is 3. The van der Waals surface area contributed by atoms with E-state index in [1.807, 2.05) is 12.1 Å². The number of piperazine rings is 1. The van der Waals surface area contributed by atoms with E-state index in [4.69, 9.17) is 0 Å². The zero-order valence-electron chi connectivity index (χ0n) is 10.0. The Morgan fingerprint density at radius 3 is 2.44 bits per heavy atom. The lowest BCUT2D eigenvalue weighted by Gasteiger charge is -2.43. The molecule has 88 valence electrons. The summed E-state index contributed by atoms with van der Waals surface area (Å²) in [7, 11) is 2.20. The fraction of sp³-hybridized carbons (Fsp3) is 0.583. The van der Waals surface area contributed by atoms with Crippen molar-refractivity contribution in [3.05, 3.63) is 22.8 Å². The van der Waals surface area contributed by atoms with Crippen LogP contribution in [0.5, 0.6) is 0 Å². The van der Waals surface area contributed by atoms with Crippen LogP contribution in [0.4, 0.5) is 5.82 Å². The Morgan fingerprint density at radius 1 is 1.25 bits per heavy atom. The van der Waals surface area contributed by atoms with Crippen LogP contribution in [0.25, 0.3) is 0 Å². The predicted octanol–water partition coefficient (Wildman–Crippen LogP) is 2.37. The molecule has 0 unspecified atom stereocenters. The average Bonchev–Trinajstić information content (AvgIpc) is 2.25. The quantitative estimate of drug-likeness (QED) is 0.738. The largest absolute Gasteiger partial charge is 0.353 e. The molecule has 4 heteroatoms. The highest BCUT2D eigenvalue weighted by molar-refractivity contribution is 9.10. The molecule has 2 heterocycles. The molecule has 0 aromatic carbocycles. The highest BCUT2D eigenvalue weighted by Gasteiger charge is 2.26. The topological polar surface area (TPSA) is 19.4 Å². The van der Waals surface area contributed by atoms with Crippen molar-refractivity contribution in [3.8, 4) is 0 Å². The summed E-state index contributed by atoms with van der Waals surface area (Å²) in [4.78, 5) is 9.30. The molecule has 1 saturated heterocycles. The maximum absolute atomic E-state index is 4.51. The standard InChI is InChI=1S/C12H18BrN3/c1-9-7-16(8-10(2)15(9)3)12-6-4-5-11(13)14-12/h4-6,9-10H,7-8H2,1-3H3/t9-,10+. The number of halogens is 1. The number of anilines is 1. The molecule has 1 aromatic rings. The van der Waals surface area contributed by atoms with Crippen LogP contribution in [0.1, 0.15) is 13.8 Å². The Bertz CT molecular complexity index is 357. The van der Waals surface area contributed by atoms with Gasteiger partial charge in [-0.25, -0.2) is 4.98 Å². The first-order valence-electron chi connectivity index (χ1n) is 5.67. The van der Waals surface area contributed by atoms with E-state index in [0.717, 1.165) is 23.5 Å². The van der Waals surface area contributed by atoms with Gasteiger partial charge in [-0.2, -0.15) is 0 Å². The van der Waals surface area contributed by atoms with Gasteiger partial charge >= 0.3 is 0 Å². The first-order valence-corrected chi connectivity index (χ1v) is 6.46. The second-order valence-corrected chi connectivity index (χ2v) is 5.40. The van der Waals surface area contributed by atoms with E-state index < -0.39 is 0 Å². The molecular weight excluding hydrogens is 266 g/mol. The summed E-state index contributed by atoms with van der Waals surface area (Å²) in [6.07, 6.45) is 0. The fourth-order valence-corrected chi connectivity index (χ4v) is 2.50. The van der Waals surface area contributed by atoms with E-state index in [0.29, 0.717) is 12.1 Å². The van der Waals surface area contributed by atoms with Crippen LogP contribution in [0.15, 0.2) is 22.8 Å². The van der Waals surface area contributed by atoms with Crippen LogP contribution in [0, 0.1) is 0 Å². The van der Waals surface area contributed by atoms with E-state index >= 15 is 0 Å². The van der Waals surface area contributed by atoms with E-state index in [9.17, 15) is 0 Å². The van der Waals surface area contributed by atoms with Gasteiger partial charge in [-0.15, -0.1) is 0 Å². The SMILES string of the molecule is C[C@@H]1CN(c2cccc(Br)n2)C[C@H](C)N1C. The van der Waals surface area contributed by atoms with Crippen molar-refractivity contribution in [2.75, 3.05) is 25.0 Å². The van der Waals surface area contributed by atoms with Crippen LogP contribution < -0.4 is 4.90 Å². The first kappa shape index (κ1) is 11.9. The molecule has 1 aliphatic rings. The Kier molecular flexibility index (Phi) is 3.50. The fourth-order valence-electron chi connectivity index (χ4n) is 2.17. The predicted molar refractivity (Wildman–Crippen MR) is 70.8 cm³/mol. The van der Waals surface area contributed by atoms with Gasteiger partial charge in [0.2, 0.25) is 0 Å². The molecule has 3 nitrogen and oxygen atoms in total. The Morgan fingerprint density at radius 2 is 1.88 bits per heavy atom. The lowest BCUT2D eigenvalue weighted by atomic mass is 10.1. The molecule has 2 atom stereocenters. The zero-order valence-corrected chi connectivity index (χ0v) is 11.6. The van der Waals surface area contributed by atoms with Crippen molar-refractivity contribution in [2.24, 2.45) is 0 Å². The van der Waals surface area contributed by atoms with Crippen molar-refractivity contribution >= 4 is 21.7 Å². The molecule has 0 aliphatic carbocycles. The lowest BCUT2D eigenvalue weighted by molar-refractivity contribution is 0.169. The molecule has 0 saturated carbocycles. The summed E-state index contributed by atoms with van der Waals surface area (Å²) < 4.78 is 0.907. The monoisotopic (exact) mass is 283 g/mol. The van der Waals surface area contributed by atoms with Crippen LogP contribution in [0.2, 0.25) is 0 Å². The van der Waals surface area contributed by atoms with Crippen LogP contribution in [-0.2, 0) is 0 Å². The maximum Gasteiger partial charge on any atom is 0.129 e. The summed E-state index contributed by atoms with van der Waals surface area (Å²) in [5.41, 5.74) is 0. The number of hydrogen-bond donors (Lipinski definition) is 0. The van der Waals surface area contributed by atoms with E-state index in [1.165, 1.54) is 0 Å². The zero-order chi connectivity index (χ0) is 11.7. The second kappa shape index (κ2) is 4.72. The third-order valence-electron chi connectivity index (χ3n) is 3.38. The third kappa shape index (κ3) is 2.38. The van der Waals surface area contributed by atoms with Gasteiger partial charge in [0.15, 0.2) is 0 Å². The summed E-state index contributed by atoms with van der Waals surface area (Å²) >= 11 is 3.42. The summed E-state index contributed by atoms with van der Waals surface area (Å²) in [5, 5.41) is 0. The molecular formula is C12H18BrN3. The number of pyridine rings is 1. The smallest absolute Gasteiger partial charge is 0.129 e. The molecule has 0 spiro atoms. The minimum Gasteiger partial charge on any atom is -0.353 e. The van der Waals surface area contributed by atoms with Gasteiger partial charge in [0.25, 0.3) is 0 Å². The summed E-state index contributed by atoms with van der Waals surface area (Å²) in [6, 6.07) is 7.23. The Balaban J connectivity index is 2.17. The van der Waals surface area contributed by atoms with Gasteiger partial charge in [0.05, 0.1) is 0 Å². The summed E-state index contributed by atoms with van der Waals surface area (Å²) in [5.74, 6) is 1.07. The second-order valence-electron chi connectivity index (χ2n) is 4.59. The highest BCUT2D eigenvalue weighted by Crippen LogP contribution is 2.20. The molecule has 0 N–H and O–H groups in total. The molecule has 1 fully saturated rings. The minimum atomic E-state index is 0.574. The van der Waals surface area contributed by atoms with Crippen molar-refractivity contribution in [3.63, 3.8) is 0 Å². The maximum atomic E-state index is 4.51. The third-order valence-corrected chi connectivity index (χ3v) is 3.83. The van der Waals surface area contributed by atoms with E-state index in [2.05, 4.69) is 57.7 Å².